The topological polar surface area (TPSA) is 79.0 Å². The molecule has 0 saturated carbocycles. The number of hydrogen-bond donors (Lipinski definition) is 1. The number of rotatable bonds is 5. The third-order valence-corrected chi connectivity index (χ3v) is 4.65. The van der Waals surface area contributed by atoms with Gasteiger partial charge in [-0.1, -0.05) is 18.2 Å². The van der Waals surface area contributed by atoms with E-state index >= 15 is 0 Å². The quantitative estimate of drug-likeness (QED) is 0.819. The number of carbonyl (C=O) groups is 1. The molecule has 0 aromatic heterocycles. The maximum absolute atomic E-state index is 12.2. The van der Waals surface area contributed by atoms with Crippen molar-refractivity contribution >= 4 is 15.9 Å². The molecule has 1 aromatic rings. The van der Waals surface area contributed by atoms with Crippen molar-refractivity contribution in [3.63, 3.8) is 0 Å². The average molecular weight is 341 g/mol. The largest absolute Gasteiger partial charge is 0.496 e. The van der Waals surface area contributed by atoms with Crippen LogP contribution in [0.15, 0.2) is 24.3 Å². The molecule has 1 aromatic carbocycles. The van der Waals surface area contributed by atoms with E-state index in [1.54, 1.807) is 12.0 Å². The summed E-state index contributed by atoms with van der Waals surface area (Å²) in [5.74, 6) is 0.566. The van der Waals surface area contributed by atoms with E-state index in [4.69, 9.17) is 4.74 Å². The summed E-state index contributed by atoms with van der Waals surface area (Å²) in [5, 5.41) is 0. The minimum Gasteiger partial charge on any atom is -0.496 e. The first-order valence-corrected chi connectivity index (χ1v) is 9.26. The Bertz CT molecular complexity index is 662. The molecule has 2 rings (SSSR count). The van der Waals surface area contributed by atoms with Crippen LogP contribution in [0.1, 0.15) is 11.6 Å². The van der Waals surface area contributed by atoms with E-state index in [-0.39, 0.29) is 18.5 Å². The van der Waals surface area contributed by atoms with Crippen LogP contribution in [0.2, 0.25) is 0 Å². The molecule has 1 aliphatic rings. The highest BCUT2D eigenvalue weighted by Crippen LogP contribution is 2.31. The zero-order valence-corrected chi connectivity index (χ0v) is 14.5. The van der Waals surface area contributed by atoms with E-state index in [1.807, 2.05) is 31.3 Å². The van der Waals surface area contributed by atoms with E-state index in [0.717, 1.165) is 17.6 Å². The number of nitrogens with zero attached hydrogens (tertiary/aromatic N) is 2. The van der Waals surface area contributed by atoms with Gasteiger partial charge in [-0.2, -0.15) is 0 Å². The molecule has 8 heteroatoms. The number of likely N-dealkylation sites (N-methyl/N-ethyl adjacent to an activating group) is 1. The van der Waals surface area contributed by atoms with E-state index in [9.17, 15) is 13.2 Å². The van der Waals surface area contributed by atoms with Gasteiger partial charge in [0.05, 0.1) is 26.0 Å². The molecule has 1 saturated heterocycles. The fourth-order valence-electron chi connectivity index (χ4n) is 2.68. The number of ether oxygens (including phenoxy) is 1. The number of piperazine rings is 1. The summed E-state index contributed by atoms with van der Waals surface area (Å²) in [6.45, 7) is 1.59. The lowest BCUT2D eigenvalue weighted by Gasteiger charge is -2.40. The van der Waals surface area contributed by atoms with Crippen LogP contribution in [0.4, 0.5) is 0 Å². The van der Waals surface area contributed by atoms with Gasteiger partial charge in [0.25, 0.3) is 0 Å². The van der Waals surface area contributed by atoms with Gasteiger partial charge in [-0.15, -0.1) is 0 Å². The first kappa shape index (κ1) is 17.7. The van der Waals surface area contributed by atoms with Crippen LogP contribution < -0.4 is 9.46 Å². The molecule has 1 aliphatic heterocycles. The first-order chi connectivity index (χ1) is 10.8. The fraction of sp³-hybridized carbons (Fsp3) is 0.533. The minimum atomic E-state index is -3.37. The molecule has 1 unspecified atom stereocenters. The average Bonchev–Trinajstić information content (AvgIpc) is 2.52. The smallest absolute Gasteiger partial charge is 0.237 e. The van der Waals surface area contributed by atoms with E-state index in [1.165, 1.54) is 0 Å². The van der Waals surface area contributed by atoms with E-state index in [0.29, 0.717) is 19.6 Å². The number of methoxy groups -OCH3 is 1. The molecule has 0 aliphatic carbocycles. The Hall–Kier alpha value is -1.64. The second-order valence-electron chi connectivity index (χ2n) is 5.67. The van der Waals surface area contributed by atoms with Crippen molar-refractivity contribution < 1.29 is 17.9 Å². The minimum absolute atomic E-state index is 0.0158. The first-order valence-electron chi connectivity index (χ1n) is 7.37. The van der Waals surface area contributed by atoms with Gasteiger partial charge in [0.1, 0.15) is 5.75 Å². The van der Waals surface area contributed by atoms with Crippen LogP contribution in [0.5, 0.6) is 5.75 Å². The molecule has 1 N–H and O–H groups in total. The van der Waals surface area contributed by atoms with Gasteiger partial charge in [-0.25, -0.2) is 13.1 Å². The monoisotopic (exact) mass is 341 g/mol. The molecule has 0 radical (unpaired) electrons. The van der Waals surface area contributed by atoms with Crippen molar-refractivity contribution in [1.82, 2.24) is 14.5 Å². The molecule has 1 heterocycles. The number of para-hydroxylation sites is 1. The van der Waals surface area contributed by atoms with Crippen LogP contribution in [-0.2, 0) is 14.8 Å². The third kappa shape index (κ3) is 4.66. The normalized spacial score (nSPS) is 19.6. The van der Waals surface area contributed by atoms with Gasteiger partial charge in [0.15, 0.2) is 0 Å². The lowest BCUT2D eigenvalue weighted by molar-refractivity contribution is -0.132. The SMILES string of the molecule is COc1ccccc1C1CN(C(=O)CNS(C)(=O)=O)CCN1C. The van der Waals surface area contributed by atoms with E-state index in [2.05, 4.69) is 9.62 Å². The van der Waals surface area contributed by atoms with Gasteiger partial charge in [-0.3, -0.25) is 9.69 Å². The highest BCUT2D eigenvalue weighted by Gasteiger charge is 2.30. The van der Waals surface area contributed by atoms with Crippen LogP contribution >= 0.6 is 0 Å². The van der Waals surface area contributed by atoms with Gasteiger partial charge >= 0.3 is 0 Å². The zero-order chi connectivity index (χ0) is 17.0. The summed E-state index contributed by atoms with van der Waals surface area (Å²) in [6, 6.07) is 7.75. The summed E-state index contributed by atoms with van der Waals surface area (Å²) in [4.78, 5) is 16.1. The number of nitrogens with one attached hydrogen (secondary N) is 1. The van der Waals surface area contributed by atoms with Gasteiger partial charge in [0, 0.05) is 25.2 Å². The van der Waals surface area contributed by atoms with Crippen LogP contribution in [-0.4, -0.2) is 70.7 Å². The Morgan fingerprint density at radius 2 is 2.04 bits per heavy atom. The molecule has 1 atom stereocenters. The molecular formula is C15H23N3O4S. The Morgan fingerprint density at radius 3 is 2.70 bits per heavy atom. The van der Waals surface area contributed by atoms with E-state index < -0.39 is 10.0 Å². The van der Waals surface area contributed by atoms with Gasteiger partial charge in [-0.05, 0) is 13.1 Å². The van der Waals surface area contributed by atoms with Crippen molar-refractivity contribution in [2.45, 2.75) is 6.04 Å². The van der Waals surface area contributed by atoms with Crippen molar-refractivity contribution in [3.05, 3.63) is 29.8 Å². The molecular weight excluding hydrogens is 318 g/mol. The standard InChI is InChI=1S/C15H23N3O4S/c1-17-8-9-18(15(19)10-16-23(3,20)21)11-13(17)12-6-4-5-7-14(12)22-2/h4-7,13,16H,8-11H2,1-3H3. The Kier molecular flexibility index (Phi) is 5.61. The summed E-state index contributed by atoms with van der Waals surface area (Å²) in [6.07, 6.45) is 1.04. The summed E-state index contributed by atoms with van der Waals surface area (Å²) in [5.41, 5.74) is 1.02. The predicted octanol–water partition coefficient (Wildman–Crippen LogP) is 0.0595. The summed E-state index contributed by atoms with van der Waals surface area (Å²) < 4.78 is 29.9. The lowest BCUT2D eigenvalue weighted by atomic mass is 10.0. The number of sulfonamides is 1. The van der Waals surface area contributed by atoms with Crippen LogP contribution in [0.25, 0.3) is 0 Å². The second-order valence-corrected chi connectivity index (χ2v) is 7.50. The van der Waals surface area contributed by atoms with Crippen LogP contribution in [0.3, 0.4) is 0 Å². The molecule has 128 valence electrons. The summed E-state index contributed by atoms with van der Waals surface area (Å²) in [7, 11) is 0.260. The number of carbonyl (C=O) groups excluding carboxylic acids is 1. The maximum atomic E-state index is 12.2. The van der Waals surface area contributed by atoms with Crippen molar-refractivity contribution in [3.8, 4) is 5.75 Å². The molecule has 7 nitrogen and oxygen atoms in total. The number of amides is 1. The highest BCUT2D eigenvalue weighted by molar-refractivity contribution is 7.88. The highest BCUT2D eigenvalue weighted by atomic mass is 32.2. The van der Waals surface area contributed by atoms with Crippen LogP contribution in [0, 0.1) is 0 Å². The maximum Gasteiger partial charge on any atom is 0.237 e. The van der Waals surface area contributed by atoms with Gasteiger partial charge in [0.2, 0.25) is 15.9 Å². The lowest BCUT2D eigenvalue weighted by Crippen LogP contribution is -2.51. The molecule has 1 amide bonds. The van der Waals surface area contributed by atoms with Crippen molar-refractivity contribution in [2.24, 2.45) is 0 Å². The Labute approximate surface area is 137 Å². The number of hydrogen-bond acceptors (Lipinski definition) is 5. The van der Waals surface area contributed by atoms with Crippen molar-refractivity contribution in [1.29, 1.82) is 0 Å². The predicted molar refractivity (Wildman–Crippen MR) is 87.8 cm³/mol. The zero-order valence-electron chi connectivity index (χ0n) is 13.7. The molecule has 1 fully saturated rings. The molecule has 0 spiro atoms. The Morgan fingerprint density at radius 1 is 1.35 bits per heavy atom. The second kappa shape index (κ2) is 7.29. The Balaban J connectivity index is 2.11. The third-order valence-electron chi connectivity index (χ3n) is 3.98. The van der Waals surface area contributed by atoms with Crippen molar-refractivity contribution in [2.75, 3.05) is 46.6 Å². The van der Waals surface area contributed by atoms with Gasteiger partial charge < -0.3 is 9.64 Å². The molecule has 0 bridgehead atoms. The molecule has 23 heavy (non-hydrogen) atoms. The number of benzene rings is 1. The summed E-state index contributed by atoms with van der Waals surface area (Å²) >= 11 is 0. The fourth-order valence-corrected chi connectivity index (χ4v) is 3.07.